The molecule has 6 rings (SSSR count). The summed E-state index contributed by atoms with van der Waals surface area (Å²) in [5.74, 6) is 0. The molecule has 0 bridgehead atoms. The van der Waals surface area contributed by atoms with Gasteiger partial charge in [-0.2, -0.15) is 0 Å². The van der Waals surface area contributed by atoms with Crippen molar-refractivity contribution in [1.29, 1.82) is 0 Å². The van der Waals surface area contributed by atoms with Crippen molar-refractivity contribution in [1.82, 2.24) is 0 Å². The van der Waals surface area contributed by atoms with Crippen molar-refractivity contribution >= 4 is 32.3 Å². The highest BCUT2D eigenvalue weighted by molar-refractivity contribution is 6.28. The van der Waals surface area contributed by atoms with Gasteiger partial charge in [0.2, 0.25) is 5.69 Å². The number of aryl methyl sites for hydroxylation is 2. The number of pyridine rings is 1. The minimum absolute atomic E-state index is 1.22. The normalized spacial score (nSPS) is 11.4. The van der Waals surface area contributed by atoms with Crippen LogP contribution < -0.4 is 4.57 Å². The molecule has 0 radical (unpaired) electrons. The maximum Gasteiger partial charge on any atom is 0.212 e. The van der Waals surface area contributed by atoms with Gasteiger partial charge in [0.1, 0.15) is 7.05 Å². The van der Waals surface area contributed by atoms with Gasteiger partial charge in [0, 0.05) is 17.7 Å². The Labute approximate surface area is 188 Å². The fraction of sp³-hybridized carbons (Fsp3) is 0.0645. The molecule has 0 saturated heterocycles. The van der Waals surface area contributed by atoms with Crippen LogP contribution in [0.3, 0.4) is 0 Å². The molecule has 1 nitrogen and oxygen atoms in total. The van der Waals surface area contributed by atoms with Crippen LogP contribution >= 0.6 is 0 Å². The highest BCUT2D eigenvalue weighted by Crippen LogP contribution is 2.40. The van der Waals surface area contributed by atoms with Gasteiger partial charge in [0.15, 0.2) is 6.20 Å². The van der Waals surface area contributed by atoms with Crippen LogP contribution in [0.4, 0.5) is 0 Å². The predicted molar refractivity (Wildman–Crippen MR) is 136 cm³/mol. The molecule has 5 aromatic carbocycles. The van der Waals surface area contributed by atoms with E-state index in [1.807, 2.05) is 0 Å². The summed E-state index contributed by atoms with van der Waals surface area (Å²) < 4.78 is 2.19. The Bertz CT molecular complexity index is 1600. The summed E-state index contributed by atoms with van der Waals surface area (Å²) in [4.78, 5) is 0. The predicted octanol–water partition coefficient (Wildman–Crippen LogP) is 7.61. The maximum absolute atomic E-state index is 2.35. The number of rotatable bonds is 2. The number of hydrogen-bond donors (Lipinski definition) is 0. The number of nitrogens with zero attached hydrogens (tertiary/aromatic N) is 1. The molecule has 152 valence electrons. The molecule has 0 N–H and O–H groups in total. The third-order valence-electron chi connectivity index (χ3n) is 6.65. The van der Waals surface area contributed by atoms with Crippen LogP contribution in [-0.2, 0) is 7.05 Å². The fourth-order valence-electron chi connectivity index (χ4n) is 5.06. The lowest BCUT2D eigenvalue weighted by Crippen LogP contribution is -2.30. The lowest BCUT2D eigenvalue weighted by atomic mass is 9.88. The summed E-state index contributed by atoms with van der Waals surface area (Å²) in [5, 5.41) is 7.88. The van der Waals surface area contributed by atoms with Crippen LogP contribution in [0.1, 0.15) is 5.56 Å². The van der Waals surface area contributed by atoms with Crippen molar-refractivity contribution in [3.63, 3.8) is 0 Å². The molecule has 1 heteroatoms. The Kier molecular flexibility index (Phi) is 4.29. The Morgan fingerprint density at radius 2 is 1.12 bits per heavy atom. The zero-order chi connectivity index (χ0) is 21.7. The van der Waals surface area contributed by atoms with Gasteiger partial charge in [-0.05, 0) is 68.1 Å². The summed E-state index contributed by atoms with van der Waals surface area (Å²) in [6.45, 7) is 2.19. The van der Waals surface area contributed by atoms with Crippen molar-refractivity contribution in [2.75, 3.05) is 0 Å². The SMILES string of the molecule is Cc1ccc(-c2cccc3c4ccccc4c4ccccc4c23)cc1-c1cccc[n+]1C. The van der Waals surface area contributed by atoms with Crippen LogP contribution in [0.5, 0.6) is 0 Å². The van der Waals surface area contributed by atoms with Gasteiger partial charge in [-0.1, -0.05) is 78.9 Å². The first-order valence-corrected chi connectivity index (χ1v) is 11.1. The van der Waals surface area contributed by atoms with Crippen molar-refractivity contribution in [3.8, 4) is 22.4 Å². The van der Waals surface area contributed by atoms with Gasteiger partial charge >= 0.3 is 0 Å². The van der Waals surface area contributed by atoms with Crippen molar-refractivity contribution in [2.45, 2.75) is 6.92 Å². The largest absolute Gasteiger partial charge is 0.212 e. The molecule has 0 unspecified atom stereocenters. The lowest BCUT2D eigenvalue weighted by molar-refractivity contribution is -0.660. The standard InChI is InChI=1S/C31H24N/c1-21-17-18-22(20-29(21)30-16-7-8-19-32(30)2)23-14-9-15-28-26-11-4-3-10-24(26)25-12-5-6-13-27(25)31(23)28/h3-20H,1-2H3/q+1. The topological polar surface area (TPSA) is 3.88 Å². The number of aromatic nitrogens is 1. The van der Waals surface area contributed by atoms with Crippen LogP contribution in [-0.4, -0.2) is 0 Å². The van der Waals surface area contributed by atoms with E-state index in [0.717, 1.165) is 0 Å². The maximum atomic E-state index is 2.35. The van der Waals surface area contributed by atoms with E-state index in [-0.39, 0.29) is 0 Å². The molecule has 0 amide bonds. The van der Waals surface area contributed by atoms with Crippen LogP contribution in [0.25, 0.3) is 54.7 Å². The lowest BCUT2D eigenvalue weighted by Gasteiger charge is -2.15. The second-order valence-electron chi connectivity index (χ2n) is 8.55. The third-order valence-corrected chi connectivity index (χ3v) is 6.65. The van der Waals surface area contributed by atoms with E-state index in [1.54, 1.807) is 0 Å². The van der Waals surface area contributed by atoms with E-state index in [2.05, 4.69) is 128 Å². The molecule has 1 aromatic heterocycles. The molecule has 0 aliphatic carbocycles. The number of fused-ring (bicyclic) bond motifs is 6. The molecule has 32 heavy (non-hydrogen) atoms. The Balaban J connectivity index is 1.72. The molecular formula is C31H24N+. The van der Waals surface area contributed by atoms with Crippen molar-refractivity contribution in [2.24, 2.45) is 7.05 Å². The zero-order valence-corrected chi connectivity index (χ0v) is 18.3. The average molecular weight is 411 g/mol. The second kappa shape index (κ2) is 7.32. The van der Waals surface area contributed by atoms with Gasteiger partial charge < -0.3 is 0 Å². The van der Waals surface area contributed by atoms with E-state index in [0.29, 0.717) is 0 Å². The van der Waals surface area contributed by atoms with Gasteiger partial charge in [0.05, 0.1) is 0 Å². The molecule has 0 aliphatic heterocycles. The van der Waals surface area contributed by atoms with Crippen LogP contribution in [0, 0.1) is 6.92 Å². The fourth-order valence-corrected chi connectivity index (χ4v) is 5.06. The smallest absolute Gasteiger partial charge is 0.201 e. The first-order chi connectivity index (χ1) is 15.7. The average Bonchev–Trinajstić information content (AvgIpc) is 2.85. The van der Waals surface area contributed by atoms with Crippen molar-refractivity contribution in [3.05, 3.63) is 115 Å². The van der Waals surface area contributed by atoms with E-state index in [9.17, 15) is 0 Å². The van der Waals surface area contributed by atoms with E-state index < -0.39 is 0 Å². The zero-order valence-electron chi connectivity index (χ0n) is 18.3. The first-order valence-electron chi connectivity index (χ1n) is 11.1. The van der Waals surface area contributed by atoms with Crippen molar-refractivity contribution < 1.29 is 4.57 Å². The van der Waals surface area contributed by atoms with Gasteiger partial charge in [-0.15, -0.1) is 0 Å². The summed E-state index contributed by atoms with van der Waals surface area (Å²) in [6.07, 6.45) is 2.11. The highest BCUT2D eigenvalue weighted by atomic mass is 14.9. The van der Waals surface area contributed by atoms with Gasteiger partial charge in [-0.3, -0.25) is 0 Å². The first kappa shape index (κ1) is 18.8. The minimum Gasteiger partial charge on any atom is -0.201 e. The van der Waals surface area contributed by atoms with Crippen LogP contribution in [0.2, 0.25) is 0 Å². The molecule has 1 heterocycles. The van der Waals surface area contributed by atoms with E-state index >= 15 is 0 Å². The highest BCUT2D eigenvalue weighted by Gasteiger charge is 2.16. The Morgan fingerprint density at radius 1 is 0.531 bits per heavy atom. The Morgan fingerprint density at radius 3 is 1.81 bits per heavy atom. The van der Waals surface area contributed by atoms with E-state index in [4.69, 9.17) is 0 Å². The quantitative estimate of drug-likeness (QED) is 0.204. The van der Waals surface area contributed by atoms with Crippen LogP contribution in [0.15, 0.2) is 109 Å². The van der Waals surface area contributed by atoms with Gasteiger partial charge in [0.25, 0.3) is 0 Å². The monoisotopic (exact) mass is 410 g/mol. The molecule has 0 saturated carbocycles. The number of hydrogen-bond acceptors (Lipinski definition) is 0. The molecule has 6 aromatic rings. The summed E-state index contributed by atoms with van der Waals surface area (Å²) in [7, 11) is 2.11. The molecule has 0 spiro atoms. The summed E-state index contributed by atoms with van der Waals surface area (Å²) in [5.41, 5.74) is 6.31. The minimum atomic E-state index is 1.22. The molecule has 0 atom stereocenters. The summed E-state index contributed by atoms with van der Waals surface area (Å²) in [6, 6.07) is 37.5. The molecule has 0 fully saturated rings. The molecule has 0 aliphatic rings. The second-order valence-corrected chi connectivity index (χ2v) is 8.55. The molecular weight excluding hydrogens is 386 g/mol. The van der Waals surface area contributed by atoms with E-state index in [1.165, 1.54) is 60.3 Å². The third kappa shape index (κ3) is 2.82. The number of benzene rings is 5. The Hall–Kier alpha value is -3.97. The summed E-state index contributed by atoms with van der Waals surface area (Å²) >= 11 is 0. The van der Waals surface area contributed by atoms with Gasteiger partial charge in [-0.25, -0.2) is 4.57 Å².